The van der Waals surface area contributed by atoms with Crippen LogP contribution in [0.2, 0.25) is 0 Å². The second-order valence-electron chi connectivity index (χ2n) is 13.7. The summed E-state index contributed by atoms with van der Waals surface area (Å²) in [6.45, 7) is 4.84. The number of nitrogens with two attached hydrogens (primary N) is 3. The zero-order valence-electron chi connectivity index (χ0n) is 30.3. The lowest BCUT2D eigenvalue weighted by Crippen LogP contribution is -2.58. The summed E-state index contributed by atoms with van der Waals surface area (Å²) in [6, 6.07) is 0.904. The Morgan fingerprint density at radius 1 is 0.941 bits per heavy atom. The number of phenols is 1. The number of hydrogen-bond donors (Lipinski definition) is 9. The molecule has 286 valence electrons. The number of nitrogens with one attached hydrogen (secondary N) is 4. The van der Waals surface area contributed by atoms with E-state index >= 15 is 0 Å². The van der Waals surface area contributed by atoms with Gasteiger partial charge in [0.15, 0.2) is 0 Å². The monoisotopic (exact) mass is 716 g/mol. The van der Waals surface area contributed by atoms with Crippen molar-refractivity contribution in [1.82, 2.24) is 26.2 Å². The van der Waals surface area contributed by atoms with Gasteiger partial charge in [0.1, 0.15) is 23.9 Å². The summed E-state index contributed by atoms with van der Waals surface area (Å²) in [6.07, 6.45) is 7.79. The highest BCUT2D eigenvalue weighted by molar-refractivity contribution is 5.92. The Morgan fingerprint density at radius 3 is 2.18 bits per heavy atom. The number of benzene rings is 1. The van der Waals surface area contributed by atoms with Crippen LogP contribution >= 0.6 is 0 Å². The second kappa shape index (κ2) is 22.7. The standard InChI is InChI=1S/C36H60N8O7/c1-23(2)20-30(36(50)51)43-33(47)29(21-24-14-16-26(45)17-15-24)42-32(46)28-12-5-4-11-27(39)35(49)44(3)31(13-7-9-19-38)34(48)41-25(22-40-28)10-6-8-18-37/h4-5,14-17,23,25,27-31,40,45H,6-13,18-22,37-39H2,1-3H3,(H,41,48)(H,42,46)(H,43,47)(H,50,51)/b5-4+/t25-,27-,28-,29-,30-,31-/m0/s1. The molecule has 0 saturated carbocycles. The molecule has 6 atom stereocenters. The average Bonchev–Trinajstić information content (AvgIpc) is 3.08. The van der Waals surface area contributed by atoms with E-state index in [1.54, 1.807) is 31.3 Å². The highest BCUT2D eigenvalue weighted by Crippen LogP contribution is 2.15. The highest BCUT2D eigenvalue weighted by Gasteiger charge is 2.32. The summed E-state index contributed by atoms with van der Waals surface area (Å²) < 4.78 is 0. The number of carbonyl (C=O) groups is 5. The predicted octanol–water partition coefficient (Wildman–Crippen LogP) is 0.240. The van der Waals surface area contributed by atoms with Crippen LogP contribution in [0.4, 0.5) is 0 Å². The molecule has 1 heterocycles. The number of rotatable bonds is 17. The van der Waals surface area contributed by atoms with Crippen molar-refractivity contribution in [3.8, 4) is 5.75 Å². The van der Waals surface area contributed by atoms with Crippen LogP contribution in [-0.4, -0.2) is 108 Å². The van der Waals surface area contributed by atoms with Gasteiger partial charge in [-0.2, -0.15) is 0 Å². The maximum atomic E-state index is 13.9. The molecule has 0 fully saturated rings. The molecule has 0 aromatic heterocycles. The maximum Gasteiger partial charge on any atom is 0.326 e. The zero-order chi connectivity index (χ0) is 37.9. The molecule has 0 aliphatic carbocycles. The summed E-state index contributed by atoms with van der Waals surface area (Å²) in [4.78, 5) is 67.9. The van der Waals surface area contributed by atoms with Crippen molar-refractivity contribution < 1.29 is 34.2 Å². The molecular formula is C36H60N8O7. The number of amides is 4. The molecule has 0 radical (unpaired) electrons. The minimum absolute atomic E-state index is 0.0134. The quantitative estimate of drug-likeness (QED) is 0.0780. The third-order valence-corrected chi connectivity index (χ3v) is 8.91. The van der Waals surface area contributed by atoms with Gasteiger partial charge in [-0.3, -0.25) is 19.2 Å². The number of aliphatic carboxylic acids is 1. The zero-order valence-corrected chi connectivity index (χ0v) is 30.3. The summed E-state index contributed by atoms with van der Waals surface area (Å²) in [7, 11) is 1.58. The molecule has 1 aliphatic heterocycles. The van der Waals surface area contributed by atoms with Gasteiger partial charge in [0, 0.05) is 26.1 Å². The Labute approximate surface area is 301 Å². The summed E-state index contributed by atoms with van der Waals surface area (Å²) in [5.41, 5.74) is 18.3. The number of hydrogen-bond acceptors (Lipinski definition) is 10. The molecule has 15 heteroatoms. The Morgan fingerprint density at radius 2 is 1.57 bits per heavy atom. The number of unbranched alkanes of at least 4 members (excludes halogenated alkanes) is 2. The van der Waals surface area contributed by atoms with Gasteiger partial charge in [-0.1, -0.05) is 44.6 Å². The molecule has 0 spiro atoms. The molecule has 15 nitrogen and oxygen atoms in total. The van der Waals surface area contributed by atoms with Gasteiger partial charge in [0.25, 0.3) is 0 Å². The number of carboxylic acid groups (broad SMARTS) is 1. The molecule has 1 aromatic carbocycles. The predicted molar refractivity (Wildman–Crippen MR) is 195 cm³/mol. The Kier molecular flexibility index (Phi) is 19.2. The first-order valence-corrected chi connectivity index (χ1v) is 18.0. The number of phenolic OH excluding ortho intramolecular Hbond substituents is 1. The average molecular weight is 717 g/mol. The van der Waals surface area contributed by atoms with E-state index in [0.29, 0.717) is 50.8 Å². The van der Waals surface area contributed by atoms with Crippen LogP contribution in [0.3, 0.4) is 0 Å². The van der Waals surface area contributed by atoms with Crippen molar-refractivity contribution >= 4 is 29.6 Å². The van der Waals surface area contributed by atoms with Crippen LogP contribution in [0.1, 0.15) is 77.2 Å². The van der Waals surface area contributed by atoms with Gasteiger partial charge in [-0.05, 0) is 88.1 Å². The molecule has 0 bridgehead atoms. The third kappa shape index (κ3) is 15.4. The number of aromatic hydroxyl groups is 1. The lowest BCUT2D eigenvalue weighted by molar-refractivity contribution is -0.142. The normalized spacial score (nSPS) is 22.4. The van der Waals surface area contributed by atoms with Gasteiger partial charge < -0.3 is 53.6 Å². The van der Waals surface area contributed by atoms with Gasteiger partial charge in [0.05, 0.1) is 12.1 Å². The topological polar surface area (TPSA) is 255 Å². The SMILES string of the molecule is CC(C)C[C@H](NC(=O)[C@H](Cc1ccc(O)cc1)NC(=O)[C@@H]1C/C=C/C[C@H](N)C(=O)N(C)[C@@H](CCCCN)C(=O)N[C@@H](CCCCN)CN1)C(=O)O. The summed E-state index contributed by atoms with van der Waals surface area (Å²) in [5, 5.41) is 31.3. The van der Waals surface area contributed by atoms with E-state index < -0.39 is 54.0 Å². The van der Waals surface area contributed by atoms with E-state index in [0.717, 1.165) is 6.42 Å². The van der Waals surface area contributed by atoms with Crippen LogP contribution in [0.5, 0.6) is 5.75 Å². The van der Waals surface area contributed by atoms with E-state index in [9.17, 15) is 34.2 Å². The maximum absolute atomic E-state index is 13.9. The summed E-state index contributed by atoms with van der Waals surface area (Å²) in [5.74, 6) is -3.06. The van der Waals surface area contributed by atoms with Crippen molar-refractivity contribution in [2.24, 2.45) is 23.1 Å². The van der Waals surface area contributed by atoms with Crippen molar-refractivity contribution in [3.05, 3.63) is 42.0 Å². The van der Waals surface area contributed by atoms with E-state index in [4.69, 9.17) is 17.2 Å². The van der Waals surface area contributed by atoms with Crippen LogP contribution in [0.15, 0.2) is 36.4 Å². The Hall–Kier alpha value is -4.05. The molecular weight excluding hydrogens is 656 g/mol. The molecule has 4 amide bonds. The Bertz CT molecular complexity index is 1290. The van der Waals surface area contributed by atoms with Crippen LogP contribution in [0.25, 0.3) is 0 Å². The molecule has 12 N–H and O–H groups in total. The molecule has 2 rings (SSSR count). The lowest BCUT2D eigenvalue weighted by Gasteiger charge is -2.32. The first-order valence-electron chi connectivity index (χ1n) is 18.0. The number of likely N-dealkylation sites (N-methyl/N-ethyl adjacent to an activating group) is 1. The molecule has 1 aliphatic rings. The smallest absolute Gasteiger partial charge is 0.326 e. The minimum Gasteiger partial charge on any atom is -0.508 e. The van der Waals surface area contributed by atoms with Gasteiger partial charge in [-0.25, -0.2) is 4.79 Å². The fraction of sp³-hybridized carbons (Fsp3) is 0.639. The second-order valence-corrected chi connectivity index (χ2v) is 13.7. The van der Waals surface area contributed by atoms with Crippen molar-refractivity contribution in [1.29, 1.82) is 0 Å². The number of nitrogens with zero attached hydrogens (tertiary/aromatic N) is 1. The van der Waals surface area contributed by atoms with Gasteiger partial charge in [0.2, 0.25) is 23.6 Å². The molecule has 1 aromatic rings. The molecule has 0 saturated heterocycles. The first kappa shape index (κ1) is 43.1. The van der Waals surface area contributed by atoms with E-state index in [1.807, 2.05) is 13.8 Å². The van der Waals surface area contributed by atoms with Crippen molar-refractivity contribution in [3.63, 3.8) is 0 Å². The largest absolute Gasteiger partial charge is 0.508 e. The summed E-state index contributed by atoms with van der Waals surface area (Å²) >= 11 is 0. The van der Waals surface area contributed by atoms with Gasteiger partial charge >= 0.3 is 5.97 Å². The molecule has 51 heavy (non-hydrogen) atoms. The van der Waals surface area contributed by atoms with Crippen LogP contribution in [0, 0.1) is 5.92 Å². The van der Waals surface area contributed by atoms with E-state index in [-0.39, 0.29) is 55.7 Å². The highest BCUT2D eigenvalue weighted by atomic mass is 16.4. The number of carboxylic acids is 1. The Balaban J connectivity index is 2.40. The van der Waals surface area contributed by atoms with Gasteiger partial charge in [-0.15, -0.1) is 0 Å². The third-order valence-electron chi connectivity index (χ3n) is 8.91. The van der Waals surface area contributed by atoms with E-state index in [1.165, 1.54) is 17.0 Å². The first-order chi connectivity index (χ1) is 24.3. The number of carbonyl (C=O) groups excluding carboxylic acids is 4. The lowest BCUT2D eigenvalue weighted by atomic mass is 10.0. The van der Waals surface area contributed by atoms with E-state index in [2.05, 4.69) is 21.3 Å². The minimum atomic E-state index is -1.18. The van der Waals surface area contributed by atoms with Crippen molar-refractivity contribution in [2.75, 3.05) is 26.7 Å². The van der Waals surface area contributed by atoms with Crippen LogP contribution < -0.4 is 38.5 Å². The molecule has 0 unspecified atom stereocenters. The van der Waals surface area contributed by atoms with Crippen LogP contribution in [-0.2, 0) is 30.4 Å². The fourth-order valence-corrected chi connectivity index (χ4v) is 5.91. The fourth-order valence-electron chi connectivity index (χ4n) is 5.91. The van der Waals surface area contributed by atoms with Crippen molar-refractivity contribution in [2.45, 2.75) is 114 Å².